The lowest BCUT2D eigenvalue weighted by atomic mass is 10.1. The number of ether oxygens (including phenoxy) is 1. The second-order valence-electron chi connectivity index (χ2n) is 5.48. The van der Waals surface area contributed by atoms with Crippen LogP contribution in [0.15, 0.2) is 24.3 Å². The zero-order chi connectivity index (χ0) is 15.9. The van der Waals surface area contributed by atoms with E-state index >= 15 is 0 Å². The second-order valence-corrected chi connectivity index (χ2v) is 8.15. The third-order valence-corrected chi connectivity index (χ3v) is 5.60. The molecule has 5 heteroatoms. The van der Waals surface area contributed by atoms with Gasteiger partial charge in [0.2, 0.25) is 0 Å². The van der Waals surface area contributed by atoms with Crippen LogP contribution in [0, 0.1) is 0 Å². The van der Waals surface area contributed by atoms with Gasteiger partial charge in [-0.25, -0.2) is 8.42 Å². The Bertz CT molecular complexity index is 526. The largest absolute Gasteiger partial charge is 0.492 e. The predicted octanol–water partition coefficient (Wildman–Crippen LogP) is 2.95. The van der Waals surface area contributed by atoms with E-state index in [2.05, 4.69) is 19.2 Å². The van der Waals surface area contributed by atoms with E-state index in [9.17, 15) is 8.42 Å². The van der Waals surface area contributed by atoms with Crippen LogP contribution in [-0.4, -0.2) is 32.6 Å². The lowest BCUT2D eigenvalue weighted by molar-refractivity contribution is 0.333. The van der Waals surface area contributed by atoms with E-state index in [0.29, 0.717) is 0 Å². The molecular weight excluding hydrogens is 286 g/mol. The third kappa shape index (κ3) is 5.67. The smallest absolute Gasteiger partial charge is 0.155 e. The number of benzene rings is 1. The number of hydrogen-bond donors (Lipinski definition) is 1. The van der Waals surface area contributed by atoms with E-state index < -0.39 is 9.84 Å². The normalized spacial score (nSPS) is 13.4. The summed E-state index contributed by atoms with van der Waals surface area (Å²) in [7, 11) is -3.06. The summed E-state index contributed by atoms with van der Waals surface area (Å²) in [6.45, 7) is 8.73. The highest BCUT2D eigenvalue weighted by molar-refractivity contribution is 7.91. The van der Waals surface area contributed by atoms with Crippen molar-refractivity contribution in [1.82, 2.24) is 5.32 Å². The van der Waals surface area contributed by atoms with Crippen LogP contribution >= 0.6 is 0 Å². The first-order valence-electron chi connectivity index (χ1n) is 7.55. The highest BCUT2D eigenvalue weighted by atomic mass is 32.2. The molecule has 1 rings (SSSR count). The molecule has 0 spiro atoms. The van der Waals surface area contributed by atoms with Crippen LogP contribution in [-0.2, 0) is 9.84 Å². The van der Waals surface area contributed by atoms with Gasteiger partial charge in [-0.3, -0.25) is 0 Å². The molecule has 1 aromatic carbocycles. The van der Waals surface area contributed by atoms with Gasteiger partial charge >= 0.3 is 0 Å². The Kier molecular flexibility index (Phi) is 7.18. The molecule has 0 aliphatic carbocycles. The van der Waals surface area contributed by atoms with Crippen molar-refractivity contribution in [1.29, 1.82) is 0 Å². The number of rotatable bonds is 9. The van der Waals surface area contributed by atoms with Crippen LogP contribution in [0.1, 0.15) is 45.7 Å². The molecule has 0 aromatic heterocycles. The molecule has 0 heterocycles. The fourth-order valence-corrected chi connectivity index (χ4v) is 2.73. The third-order valence-electron chi connectivity index (χ3n) is 3.43. The van der Waals surface area contributed by atoms with Gasteiger partial charge in [0, 0.05) is 11.6 Å². The molecule has 1 unspecified atom stereocenters. The van der Waals surface area contributed by atoms with E-state index in [-0.39, 0.29) is 23.7 Å². The molecule has 21 heavy (non-hydrogen) atoms. The zero-order valence-electron chi connectivity index (χ0n) is 13.4. The molecule has 0 aliphatic heterocycles. The number of para-hydroxylation sites is 1. The van der Waals surface area contributed by atoms with Crippen LogP contribution < -0.4 is 10.1 Å². The molecule has 1 N–H and O–H groups in total. The summed E-state index contributed by atoms with van der Waals surface area (Å²) in [4.78, 5) is 0. The van der Waals surface area contributed by atoms with Crippen molar-refractivity contribution < 1.29 is 13.2 Å². The van der Waals surface area contributed by atoms with Crippen molar-refractivity contribution in [2.75, 3.05) is 18.9 Å². The zero-order valence-corrected chi connectivity index (χ0v) is 14.2. The Morgan fingerprint density at radius 1 is 1.19 bits per heavy atom. The Hall–Kier alpha value is -1.07. The molecule has 0 bridgehead atoms. The van der Waals surface area contributed by atoms with Gasteiger partial charge in [0.05, 0.1) is 11.0 Å². The highest BCUT2D eigenvalue weighted by Gasteiger charge is 2.17. The van der Waals surface area contributed by atoms with Crippen molar-refractivity contribution in [3.8, 4) is 5.75 Å². The maximum atomic E-state index is 11.8. The molecule has 4 nitrogen and oxygen atoms in total. The summed E-state index contributed by atoms with van der Waals surface area (Å²) in [5, 5.41) is 3.06. The standard InChI is InChI=1S/C16H27NO3S/c1-5-10-17-14(4)15-8-6-7-9-16(15)20-11-12-21(18,19)13(2)3/h6-9,13-14,17H,5,10-12H2,1-4H3. The molecule has 0 saturated carbocycles. The minimum absolute atomic E-state index is 0.0514. The van der Waals surface area contributed by atoms with Gasteiger partial charge < -0.3 is 10.1 Å². The quantitative estimate of drug-likeness (QED) is 0.761. The molecular formula is C16H27NO3S. The molecule has 0 fully saturated rings. The van der Waals surface area contributed by atoms with Crippen LogP contribution in [0.5, 0.6) is 5.75 Å². The predicted molar refractivity (Wildman–Crippen MR) is 87.6 cm³/mol. The fraction of sp³-hybridized carbons (Fsp3) is 0.625. The van der Waals surface area contributed by atoms with E-state index in [4.69, 9.17) is 4.74 Å². The summed E-state index contributed by atoms with van der Waals surface area (Å²) in [6, 6.07) is 7.96. The summed E-state index contributed by atoms with van der Waals surface area (Å²) in [5.41, 5.74) is 1.06. The summed E-state index contributed by atoms with van der Waals surface area (Å²) >= 11 is 0. The van der Waals surface area contributed by atoms with Crippen LogP contribution in [0.4, 0.5) is 0 Å². The minimum Gasteiger partial charge on any atom is -0.492 e. The molecule has 120 valence electrons. The molecule has 1 aromatic rings. The first-order chi connectivity index (χ1) is 9.88. The molecule has 0 aliphatic rings. The van der Waals surface area contributed by atoms with Crippen LogP contribution in [0.2, 0.25) is 0 Å². The Morgan fingerprint density at radius 2 is 1.86 bits per heavy atom. The van der Waals surface area contributed by atoms with E-state index in [1.807, 2.05) is 24.3 Å². The second kappa shape index (κ2) is 8.39. The van der Waals surface area contributed by atoms with Crippen molar-refractivity contribution in [2.45, 2.75) is 45.4 Å². The van der Waals surface area contributed by atoms with Gasteiger partial charge in [-0.05, 0) is 39.8 Å². The van der Waals surface area contributed by atoms with Crippen molar-refractivity contribution >= 4 is 9.84 Å². The summed E-state index contributed by atoms with van der Waals surface area (Å²) in [5.74, 6) is 0.808. The number of hydrogen-bond acceptors (Lipinski definition) is 4. The molecule has 0 radical (unpaired) electrons. The maximum Gasteiger partial charge on any atom is 0.155 e. The van der Waals surface area contributed by atoms with Crippen LogP contribution in [0.25, 0.3) is 0 Å². The maximum absolute atomic E-state index is 11.8. The Labute approximate surface area is 128 Å². The first kappa shape index (κ1) is 18.0. The van der Waals surface area contributed by atoms with Gasteiger partial charge in [-0.15, -0.1) is 0 Å². The van der Waals surface area contributed by atoms with Crippen LogP contribution in [0.3, 0.4) is 0 Å². The SMILES string of the molecule is CCCNC(C)c1ccccc1OCCS(=O)(=O)C(C)C. The fourth-order valence-electron chi connectivity index (χ4n) is 1.94. The van der Waals surface area contributed by atoms with Crippen molar-refractivity contribution in [2.24, 2.45) is 0 Å². The summed E-state index contributed by atoms with van der Waals surface area (Å²) < 4.78 is 29.3. The summed E-state index contributed by atoms with van der Waals surface area (Å²) in [6.07, 6.45) is 1.07. The van der Waals surface area contributed by atoms with Gasteiger partial charge in [0.25, 0.3) is 0 Å². The first-order valence-corrected chi connectivity index (χ1v) is 9.26. The number of sulfone groups is 1. The topological polar surface area (TPSA) is 55.4 Å². The highest BCUT2D eigenvalue weighted by Crippen LogP contribution is 2.24. The molecule has 0 amide bonds. The monoisotopic (exact) mass is 313 g/mol. The van der Waals surface area contributed by atoms with Crippen molar-refractivity contribution in [3.05, 3.63) is 29.8 Å². The molecule has 1 atom stereocenters. The van der Waals surface area contributed by atoms with E-state index in [1.54, 1.807) is 13.8 Å². The van der Waals surface area contributed by atoms with Gasteiger partial charge in [-0.1, -0.05) is 25.1 Å². The minimum atomic E-state index is -3.06. The van der Waals surface area contributed by atoms with Crippen molar-refractivity contribution in [3.63, 3.8) is 0 Å². The average molecular weight is 313 g/mol. The number of nitrogens with one attached hydrogen (secondary N) is 1. The average Bonchev–Trinajstić information content (AvgIpc) is 2.45. The van der Waals surface area contributed by atoms with E-state index in [0.717, 1.165) is 24.3 Å². The Balaban J connectivity index is 2.67. The van der Waals surface area contributed by atoms with Gasteiger partial charge in [0.15, 0.2) is 9.84 Å². The lowest BCUT2D eigenvalue weighted by Crippen LogP contribution is -2.23. The lowest BCUT2D eigenvalue weighted by Gasteiger charge is -2.18. The van der Waals surface area contributed by atoms with Gasteiger partial charge in [0.1, 0.15) is 12.4 Å². The van der Waals surface area contributed by atoms with Gasteiger partial charge in [-0.2, -0.15) is 0 Å². The molecule has 0 saturated heterocycles. The van der Waals surface area contributed by atoms with E-state index in [1.165, 1.54) is 0 Å². The Morgan fingerprint density at radius 3 is 2.48 bits per heavy atom.